The lowest BCUT2D eigenvalue weighted by molar-refractivity contribution is -0.118. The molecule has 1 heterocycles. The van der Waals surface area contributed by atoms with Crippen LogP contribution in [-0.4, -0.2) is 10.9 Å². The Bertz CT molecular complexity index is 909. The molecule has 4 rings (SSSR count). The van der Waals surface area contributed by atoms with Gasteiger partial charge in [-0.3, -0.25) is 4.79 Å². The van der Waals surface area contributed by atoms with Gasteiger partial charge in [0.1, 0.15) is 0 Å². The number of rotatable bonds is 3. The topological polar surface area (TPSA) is 44.9 Å². The number of nitrogens with one attached hydrogen (secondary N) is 2. The first-order valence-corrected chi connectivity index (χ1v) is 8.54. The molecule has 116 valence electrons. The minimum Gasteiger partial charge on any atom is -0.361 e. The largest absolute Gasteiger partial charge is 0.361 e. The van der Waals surface area contributed by atoms with Gasteiger partial charge in [-0.1, -0.05) is 24.3 Å². The molecule has 1 fully saturated rings. The number of hydrogen-bond acceptors (Lipinski definition) is 1. The first-order chi connectivity index (χ1) is 11.1. The van der Waals surface area contributed by atoms with E-state index in [1.807, 2.05) is 49.5 Å². The van der Waals surface area contributed by atoms with Gasteiger partial charge >= 0.3 is 0 Å². The molecule has 2 aromatic carbocycles. The van der Waals surface area contributed by atoms with E-state index >= 15 is 0 Å². The van der Waals surface area contributed by atoms with Crippen molar-refractivity contribution in [2.24, 2.45) is 0 Å². The summed E-state index contributed by atoms with van der Waals surface area (Å²) < 4.78 is 0.917. The summed E-state index contributed by atoms with van der Waals surface area (Å²) in [4.78, 5) is 16.2. The van der Waals surface area contributed by atoms with Gasteiger partial charge in [0.25, 0.3) is 0 Å². The molecule has 1 aromatic heterocycles. The van der Waals surface area contributed by atoms with Crippen molar-refractivity contribution in [3.8, 4) is 0 Å². The van der Waals surface area contributed by atoms with E-state index < -0.39 is 5.41 Å². The number of aromatic nitrogens is 1. The number of para-hydroxylation sites is 1. The maximum absolute atomic E-state index is 12.9. The molecule has 1 saturated carbocycles. The monoisotopic (exact) mass is 368 g/mol. The van der Waals surface area contributed by atoms with Gasteiger partial charge in [-0.15, -0.1) is 0 Å². The highest BCUT2D eigenvalue weighted by molar-refractivity contribution is 9.10. The summed E-state index contributed by atoms with van der Waals surface area (Å²) in [7, 11) is 0. The Morgan fingerprint density at radius 1 is 1.22 bits per heavy atom. The fraction of sp³-hybridized carbons (Fsp3) is 0.211. The number of H-pyrrole nitrogens is 1. The molecule has 1 aliphatic carbocycles. The van der Waals surface area contributed by atoms with E-state index in [9.17, 15) is 4.79 Å². The summed E-state index contributed by atoms with van der Waals surface area (Å²) in [5.74, 6) is 0.0757. The van der Waals surface area contributed by atoms with Crippen LogP contribution in [-0.2, 0) is 10.2 Å². The van der Waals surface area contributed by atoms with E-state index in [2.05, 4.69) is 32.3 Å². The highest BCUT2D eigenvalue weighted by Gasteiger charge is 2.52. The van der Waals surface area contributed by atoms with Gasteiger partial charge in [-0.05, 0) is 65.0 Å². The molecule has 3 nitrogen and oxygen atoms in total. The van der Waals surface area contributed by atoms with Crippen LogP contribution < -0.4 is 5.32 Å². The third-order valence-electron chi connectivity index (χ3n) is 4.66. The molecular formula is C19H17BrN2O. The number of anilines is 1. The van der Waals surface area contributed by atoms with Gasteiger partial charge in [-0.25, -0.2) is 0 Å². The quantitative estimate of drug-likeness (QED) is 0.677. The van der Waals surface area contributed by atoms with Crippen molar-refractivity contribution in [3.63, 3.8) is 0 Å². The Balaban J connectivity index is 1.68. The summed E-state index contributed by atoms with van der Waals surface area (Å²) >= 11 is 3.53. The first-order valence-electron chi connectivity index (χ1n) is 7.74. The average molecular weight is 369 g/mol. The van der Waals surface area contributed by atoms with Crippen LogP contribution in [0.4, 0.5) is 5.69 Å². The molecule has 0 aliphatic heterocycles. The van der Waals surface area contributed by atoms with Gasteiger partial charge in [0.05, 0.1) is 11.1 Å². The Labute approximate surface area is 143 Å². The Morgan fingerprint density at radius 2 is 2.00 bits per heavy atom. The standard InChI is InChI=1S/C19H17BrN2O/c1-12-6-7-17(15(20)10-12)22-18(23)19(8-9-19)14-11-21-16-5-3-2-4-13(14)16/h2-7,10-11,21H,8-9H2,1H3,(H,22,23). The number of amides is 1. The van der Waals surface area contributed by atoms with Crippen LogP contribution in [0, 0.1) is 6.92 Å². The predicted octanol–water partition coefficient (Wildman–Crippen LogP) is 4.91. The van der Waals surface area contributed by atoms with Gasteiger partial charge in [-0.2, -0.15) is 0 Å². The Kier molecular flexibility index (Phi) is 3.31. The zero-order chi connectivity index (χ0) is 16.0. The minimum atomic E-state index is -0.399. The number of aromatic amines is 1. The van der Waals surface area contributed by atoms with E-state index in [0.717, 1.165) is 45.0 Å². The fourth-order valence-electron chi connectivity index (χ4n) is 3.17. The first kappa shape index (κ1) is 14.5. The predicted molar refractivity (Wildman–Crippen MR) is 96.7 cm³/mol. The smallest absolute Gasteiger partial charge is 0.235 e. The second kappa shape index (κ2) is 5.24. The van der Waals surface area contributed by atoms with Crippen molar-refractivity contribution in [2.75, 3.05) is 5.32 Å². The van der Waals surface area contributed by atoms with Gasteiger partial charge in [0.2, 0.25) is 5.91 Å². The van der Waals surface area contributed by atoms with Crippen molar-refractivity contribution in [1.29, 1.82) is 0 Å². The van der Waals surface area contributed by atoms with Crippen LogP contribution in [0.5, 0.6) is 0 Å². The zero-order valence-corrected chi connectivity index (χ0v) is 14.4. The SMILES string of the molecule is Cc1ccc(NC(=O)C2(c3c[nH]c4ccccc34)CC2)c(Br)c1. The molecule has 1 aliphatic rings. The van der Waals surface area contributed by atoms with E-state index in [0.29, 0.717) is 0 Å². The molecule has 0 spiro atoms. The number of halogens is 1. The van der Waals surface area contributed by atoms with Crippen molar-refractivity contribution >= 4 is 38.4 Å². The fourth-order valence-corrected chi connectivity index (χ4v) is 3.77. The van der Waals surface area contributed by atoms with E-state index in [1.54, 1.807) is 0 Å². The average Bonchev–Trinajstić information content (AvgIpc) is 3.23. The van der Waals surface area contributed by atoms with Crippen molar-refractivity contribution in [3.05, 3.63) is 64.3 Å². The summed E-state index contributed by atoms with van der Waals surface area (Å²) in [5, 5.41) is 4.24. The summed E-state index contributed by atoms with van der Waals surface area (Å²) in [5.41, 5.74) is 3.77. The van der Waals surface area contributed by atoms with Crippen LogP contribution in [0.3, 0.4) is 0 Å². The van der Waals surface area contributed by atoms with Gasteiger partial charge in [0, 0.05) is 21.6 Å². The highest BCUT2D eigenvalue weighted by Crippen LogP contribution is 2.51. The van der Waals surface area contributed by atoms with Crippen LogP contribution in [0.15, 0.2) is 53.1 Å². The lowest BCUT2D eigenvalue weighted by atomic mass is 9.94. The third-order valence-corrected chi connectivity index (χ3v) is 5.32. The normalized spacial score (nSPS) is 15.6. The van der Waals surface area contributed by atoms with Crippen molar-refractivity contribution < 1.29 is 4.79 Å². The van der Waals surface area contributed by atoms with E-state index in [1.165, 1.54) is 0 Å². The number of hydrogen-bond donors (Lipinski definition) is 2. The van der Waals surface area contributed by atoms with E-state index in [-0.39, 0.29) is 5.91 Å². The van der Waals surface area contributed by atoms with Crippen molar-refractivity contribution in [1.82, 2.24) is 4.98 Å². The number of aryl methyl sites for hydroxylation is 1. The molecule has 23 heavy (non-hydrogen) atoms. The Morgan fingerprint density at radius 3 is 2.74 bits per heavy atom. The lowest BCUT2D eigenvalue weighted by Gasteiger charge is -2.16. The lowest BCUT2D eigenvalue weighted by Crippen LogP contribution is -2.27. The maximum atomic E-state index is 12.9. The van der Waals surface area contributed by atoms with Crippen molar-refractivity contribution in [2.45, 2.75) is 25.2 Å². The van der Waals surface area contributed by atoms with E-state index in [4.69, 9.17) is 0 Å². The van der Waals surface area contributed by atoms with Crippen LogP contribution >= 0.6 is 15.9 Å². The van der Waals surface area contributed by atoms with Crippen LogP contribution in [0.2, 0.25) is 0 Å². The molecule has 3 aromatic rings. The zero-order valence-electron chi connectivity index (χ0n) is 12.8. The van der Waals surface area contributed by atoms with Gasteiger partial charge in [0.15, 0.2) is 0 Å². The molecule has 0 radical (unpaired) electrons. The number of benzene rings is 2. The third kappa shape index (κ3) is 2.38. The molecular weight excluding hydrogens is 352 g/mol. The number of carbonyl (C=O) groups excluding carboxylic acids is 1. The Hall–Kier alpha value is -2.07. The molecule has 0 saturated heterocycles. The number of fused-ring (bicyclic) bond motifs is 1. The summed E-state index contributed by atoms with van der Waals surface area (Å²) in [6, 6.07) is 14.1. The molecule has 0 unspecified atom stereocenters. The van der Waals surface area contributed by atoms with Crippen LogP contribution in [0.1, 0.15) is 24.0 Å². The molecule has 4 heteroatoms. The molecule has 0 atom stereocenters. The maximum Gasteiger partial charge on any atom is 0.235 e. The summed E-state index contributed by atoms with van der Waals surface area (Å²) in [6.45, 7) is 2.03. The molecule has 2 N–H and O–H groups in total. The summed E-state index contributed by atoms with van der Waals surface area (Å²) in [6.07, 6.45) is 3.77. The number of carbonyl (C=O) groups is 1. The van der Waals surface area contributed by atoms with Gasteiger partial charge < -0.3 is 10.3 Å². The molecule has 0 bridgehead atoms. The second-order valence-corrected chi connectivity index (χ2v) is 7.12. The molecule has 1 amide bonds. The second-order valence-electron chi connectivity index (χ2n) is 6.27. The van der Waals surface area contributed by atoms with Crippen LogP contribution in [0.25, 0.3) is 10.9 Å². The highest BCUT2D eigenvalue weighted by atomic mass is 79.9. The minimum absolute atomic E-state index is 0.0757.